The number of aromatic nitrogens is 2. The van der Waals surface area contributed by atoms with Gasteiger partial charge in [-0.05, 0) is 68.4 Å². The summed E-state index contributed by atoms with van der Waals surface area (Å²) in [5, 5.41) is 9.42. The van der Waals surface area contributed by atoms with Crippen LogP contribution in [0.3, 0.4) is 0 Å². The van der Waals surface area contributed by atoms with Gasteiger partial charge in [-0.2, -0.15) is 4.98 Å². The zero-order chi connectivity index (χ0) is 22.5. The largest absolute Gasteiger partial charge is 0.340 e. The second-order valence-corrected chi connectivity index (χ2v) is 8.29. The van der Waals surface area contributed by atoms with Crippen molar-refractivity contribution in [2.45, 2.75) is 13.8 Å². The molecule has 6 nitrogen and oxygen atoms in total. The van der Waals surface area contributed by atoms with Crippen molar-refractivity contribution in [3.8, 4) is 0 Å². The number of anilines is 5. The monoisotopic (exact) mass is 487 g/mol. The first-order chi connectivity index (χ1) is 15.4. The average molecular weight is 488 g/mol. The van der Waals surface area contributed by atoms with Crippen molar-refractivity contribution in [3.05, 3.63) is 100 Å². The third-order valence-electron chi connectivity index (χ3n) is 4.66. The highest BCUT2D eigenvalue weighted by atomic mass is 79.9. The molecule has 0 spiro atoms. The Morgan fingerprint density at radius 1 is 0.781 bits per heavy atom. The van der Waals surface area contributed by atoms with Crippen LogP contribution in [0.2, 0.25) is 0 Å². The first-order valence-corrected chi connectivity index (χ1v) is 10.9. The molecule has 0 aliphatic rings. The summed E-state index contributed by atoms with van der Waals surface area (Å²) < 4.78 is 0.860. The SMILES string of the molecule is Cc1ccc(Nc2cc(C)nc(Nc3ccc(NC(=O)c4cccc(Br)c4)cc3)n2)cc1. The molecule has 1 amide bonds. The van der Waals surface area contributed by atoms with E-state index >= 15 is 0 Å². The van der Waals surface area contributed by atoms with Gasteiger partial charge in [-0.1, -0.05) is 39.7 Å². The Balaban J connectivity index is 1.43. The maximum Gasteiger partial charge on any atom is 0.255 e. The fourth-order valence-electron chi connectivity index (χ4n) is 3.07. The average Bonchev–Trinajstić information content (AvgIpc) is 2.76. The zero-order valence-corrected chi connectivity index (χ0v) is 19.3. The van der Waals surface area contributed by atoms with Gasteiger partial charge in [0.25, 0.3) is 5.91 Å². The van der Waals surface area contributed by atoms with Crippen molar-refractivity contribution in [3.63, 3.8) is 0 Å². The van der Waals surface area contributed by atoms with E-state index in [0.717, 1.165) is 21.5 Å². The number of amides is 1. The number of hydrogen-bond acceptors (Lipinski definition) is 5. The molecule has 0 aliphatic carbocycles. The molecule has 3 aromatic carbocycles. The molecule has 32 heavy (non-hydrogen) atoms. The summed E-state index contributed by atoms with van der Waals surface area (Å²) in [5.74, 6) is 1.04. The lowest BCUT2D eigenvalue weighted by atomic mass is 10.2. The number of rotatable bonds is 6. The van der Waals surface area contributed by atoms with E-state index in [2.05, 4.69) is 48.8 Å². The van der Waals surface area contributed by atoms with Gasteiger partial charge in [0.1, 0.15) is 5.82 Å². The third-order valence-corrected chi connectivity index (χ3v) is 5.16. The van der Waals surface area contributed by atoms with Crippen LogP contribution in [0.5, 0.6) is 0 Å². The van der Waals surface area contributed by atoms with Gasteiger partial charge in [-0.25, -0.2) is 4.98 Å². The smallest absolute Gasteiger partial charge is 0.255 e. The minimum Gasteiger partial charge on any atom is -0.340 e. The summed E-state index contributed by atoms with van der Waals surface area (Å²) in [6.45, 7) is 3.98. The lowest BCUT2D eigenvalue weighted by Crippen LogP contribution is -2.11. The standard InChI is InChI=1S/C25H22BrN5O/c1-16-6-8-20(9-7-16)28-23-14-17(2)27-25(31-23)30-22-12-10-21(11-13-22)29-24(32)18-4-3-5-19(26)15-18/h3-15H,1-2H3,(H,29,32)(H2,27,28,30,31). The van der Waals surface area contributed by atoms with Crippen LogP contribution in [-0.2, 0) is 0 Å². The maximum atomic E-state index is 12.4. The third kappa shape index (κ3) is 5.70. The fourth-order valence-corrected chi connectivity index (χ4v) is 3.47. The summed E-state index contributed by atoms with van der Waals surface area (Å²) in [7, 11) is 0. The van der Waals surface area contributed by atoms with Crippen LogP contribution in [0.1, 0.15) is 21.6 Å². The zero-order valence-electron chi connectivity index (χ0n) is 17.7. The first-order valence-electron chi connectivity index (χ1n) is 10.1. The number of carbonyl (C=O) groups excluding carboxylic acids is 1. The predicted molar refractivity (Wildman–Crippen MR) is 133 cm³/mol. The Morgan fingerprint density at radius 2 is 1.44 bits per heavy atom. The van der Waals surface area contributed by atoms with E-state index in [1.165, 1.54) is 5.56 Å². The molecule has 0 bridgehead atoms. The topological polar surface area (TPSA) is 78.9 Å². The maximum absolute atomic E-state index is 12.4. The number of aryl methyl sites for hydroxylation is 2. The van der Waals surface area contributed by atoms with Crippen molar-refractivity contribution >= 4 is 50.7 Å². The van der Waals surface area contributed by atoms with Gasteiger partial charge in [0.15, 0.2) is 0 Å². The van der Waals surface area contributed by atoms with Crippen LogP contribution < -0.4 is 16.0 Å². The van der Waals surface area contributed by atoms with Crippen LogP contribution in [0.4, 0.5) is 28.8 Å². The van der Waals surface area contributed by atoms with E-state index in [-0.39, 0.29) is 5.91 Å². The lowest BCUT2D eigenvalue weighted by Gasteiger charge is -2.11. The molecule has 0 fully saturated rings. The van der Waals surface area contributed by atoms with Gasteiger partial charge in [-0.15, -0.1) is 0 Å². The van der Waals surface area contributed by atoms with E-state index in [1.807, 2.05) is 73.7 Å². The summed E-state index contributed by atoms with van der Waals surface area (Å²) in [6.07, 6.45) is 0. The van der Waals surface area contributed by atoms with Crippen LogP contribution >= 0.6 is 15.9 Å². The molecule has 1 heterocycles. The second-order valence-electron chi connectivity index (χ2n) is 7.38. The molecule has 3 N–H and O–H groups in total. The molecular weight excluding hydrogens is 466 g/mol. The number of nitrogens with one attached hydrogen (secondary N) is 3. The second kappa shape index (κ2) is 9.62. The lowest BCUT2D eigenvalue weighted by molar-refractivity contribution is 0.102. The molecule has 4 rings (SSSR count). The highest BCUT2D eigenvalue weighted by Crippen LogP contribution is 2.21. The molecule has 0 saturated carbocycles. The Labute approximate surface area is 195 Å². The van der Waals surface area contributed by atoms with Gasteiger partial charge >= 0.3 is 0 Å². The summed E-state index contributed by atoms with van der Waals surface area (Å²) in [6, 6.07) is 24.7. The van der Waals surface area contributed by atoms with E-state index in [0.29, 0.717) is 23.0 Å². The number of benzene rings is 3. The highest BCUT2D eigenvalue weighted by Gasteiger charge is 2.07. The molecular formula is C25H22BrN5O. The Bertz CT molecular complexity index is 1240. The Hall–Kier alpha value is -3.71. The van der Waals surface area contributed by atoms with Crippen molar-refractivity contribution in [2.75, 3.05) is 16.0 Å². The minimum absolute atomic E-state index is 0.166. The molecule has 160 valence electrons. The van der Waals surface area contributed by atoms with E-state index in [4.69, 9.17) is 0 Å². The first kappa shape index (κ1) is 21.5. The van der Waals surface area contributed by atoms with Gasteiger partial charge in [0.05, 0.1) is 0 Å². The van der Waals surface area contributed by atoms with E-state index in [9.17, 15) is 4.79 Å². The minimum atomic E-state index is -0.166. The molecule has 0 saturated heterocycles. The van der Waals surface area contributed by atoms with Crippen molar-refractivity contribution < 1.29 is 4.79 Å². The van der Waals surface area contributed by atoms with Crippen LogP contribution in [0.15, 0.2) is 83.3 Å². The number of nitrogens with zero attached hydrogens (tertiary/aromatic N) is 2. The highest BCUT2D eigenvalue weighted by molar-refractivity contribution is 9.10. The van der Waals surface area contributed by atoms with Gasteiger partial charge in [-0.3, -0.25) is 4.79 Å². The number of hydrogen-bond donors (Lipinski definition) is 3. The van der Waals surface area contributed by atoms with Crippen LogP contribution in [0, 0.1) is 13.8 Å². The molecule has 0 atom stereocenters. The normalized spacial score (nSPS) is 10.5. The molecule has 0 radical (unpaired) electrons. The number of carbonyl (C=O) groups is 1. The van der Waals surface area contributed by atoms with Crippen molar-refractivity contribution in [1.82, 2.24) is 9.97 Å². The van der Waals surface area contributed by atoms with Crippen LogP contribution in [-0.4, -0.2) is 15.9 Å². The summed E-state index contributed by atoms with van der Waals surface area (Å²) in [4.78, 5) is 21.4. The summed E-state index contributed by atoms with van der Waals surface area (Å²) in [5.41, 5.74) is 5.11. The van der Waals surface area contributed by atoms with E-state index < -0.39 is 0 Å². The fraction of sp³-hybridized carbons (Fsp3) is 0.0800. The number of halogens is 1. The van der Waals surface area contributed by atoms with Gasteiger partial charge in [0, 0.05) is 38.9 Å². The predicted octanol–water partition coefficient (Wildman–Crippen LogP) is 6.60. The Morgan fingerprint density at radius 3 is 2.16 bits per heavy atom. The van der Waals surface area contributed by atoms with Crippen molar-refractivity contribution in [1.29, 1.82) is 0 Å². The van der Waals surface area contributed by atoms with Crippen molar-refractivity contribution in [2.24, 2.45) is 0 Å². The van der Waals surface area contributed by atoms with E-state index in [1.54, 1.807) is 12.1 Å². The van der Waals surface area contributed by atoms with Gasteiger partial charge < -0.3 is 16.0 Å². The van der Waals surface area contributed by atoms with Gasteiger partial charge in [0.2, 0.25) is 5.95 Å². The summed E-state index contributed by atoms with van der Waals surface area (Å²) >= 11 is 3.38. The molecule has 0 aliphatic heterocycles. The molecule has 0 unspecified atom stereocenters. The molecule has 7 heteroatoms. The van der Waals surface area contributed by atoms with Crippen LogP contribution in [0.25, 0.3) is 0 Å². The molecule has 4 aromatic rings. The quantitative estimate of drug-likeness (QED) is 0.285. The molecule has 1 aromatic heterocycles. The Kier molecular flexibility index (Phi) is 6.47.